The van der Waals surface area contributed by atoms with E-state index in [0.717, 1.165) is 18.5 Å². The van der Waals surface area contributed by atoms with Crippen LogP contribution in [0, 0.1) is 23.7 Å². The minimum atomic E-state index is -0.182. The Morgan fingerprint density at radius 3 is 1.74 bits per heavy atom. The van der Waals surface area contributed by atoms with E-state index in [1.807, 2.05) is 30.3 Å². The van der Waals surface area contributed by atoms with Gasteiger partial charge in [-0.1, -0.05) is 30.4 Å². The average Bonchev–Trinajstić information content (AvgIpc) is 3.01. The van der Waals surface area contributed by atoms with Gasteiger partial charge in [0, 0.05) is 0 Å². The minimum Gasteiger partial charge on any atom is -0.274 e. The van der Waals surface area contributed by atoms with Crippen molar-refractivity contribution in [1.29, 1.82) is 0 Å². The molecule has 1 aliphatic heterocycles. The van der Waals surface area contributed by atoms with Crippen molar-refractivity contribution in [2.45, 2.75) is 12.8 Å². The third-order valence-electron chi connectivity index (χ3n) is 5.90. The SMILES string of the molecule is O=C1[C@@H]2[C@H](C(=O)N1c1ccc(N=Nc3ccccc3)cc1)[C@@H]1C=C[C@H]2CC1. The highest BCUT2D eigenvalue weighted by Crippen LogP contribution is 2.50. The summed E-state index contributed by atoms with van der Waals surface area (Å²) in [5, 5.41) is 8.41. The summed E-state index contributed by atoms with van der Waals surface area (Å²) < 4.78 is 0. The van der Waals surface area contributed by atoms with Gasteiger partial charge in [-0.25, -0.2) is 0 Å². The summed E-state index contributed by atoms with van der Waals surface area (Å²) in [6.07, 6.45) is 6.29. The Labute approximate surface area is 157 Å². The van der Waals surface area contributed by atoms with Gasteiger partial charge in [0.05, 0.1) is 28.9 Å². The van der Waals surface area contributed by atoms with Crippen molar-refractivity contribution in [3.8, 4) is 0 Å². The molecule has 5 nitrogen and oxygen atoms in total. The van der Waals surface area contributed by atoms with E-state index in [0.29, 0.717) is 11.4 Å². The first-order valence-electron chi connectivity index (χ1n) is 9.35. The number of anilines is 1. The number of hydrogen-bond acceptors (Lipinski definition) is 4. The lowest BCUT2D eigenvalue weighted by Gasteiger charge is -2.38. The molecule has 134 valence electrons. The van der Waals surface area contributed by atoms with E-state index in [1.165, 1.54) is 4.90 Å². The van der Waals surface area contributed by atoms with Crippen LogP contribution in [0.4, 0.5) is 17.1 Å². The number of allylic oxidation sites excluding steroid dienone is 2. The molecule has 6 rings (SSSR count). The molecule has 5 heteroatoms. The number of imide groups is 1. The molecule has 1 saturated heterocycles. The third-order valence-corrected chi connectivity index (χ3v) is 5.90. The molecule has 1 heterocycles. The van der Waals surface area contributed by atoms with Crippen molar-refractivity contribution in [1.82, 2.24) is 0 Å². The Hall–Kier alpha value is -3.08. The number of carbonyl (C=O) groups is 2. The molecular weight excluding hydrogens is 338 g/mol. The lowest BCUT2D eigenvalue weighted by molar-refractivity contribution is -0.124. The van der Waals surface area contributed by atoms with Crippen LogP contribution in [0.1, 0.15) is 12.8 Å². The molecule has 2 aromatic rings. The van der Waals surface area contributed by atoms with Crippen molar-refractivity contribution < 1.29 is 9.59 Å². The molecule has 2 fully saturated rings. The van der Waals surface area contributed by atoms with Gasteiger partial charge in [0.1, 0.15) is 0 Å². The predicted molar refractivity (Wildman–Crippen MR) is 102 cm³/mol. The highest BCUT2D eigenvalue weighted by molar-refractivity contribution is 6.22. The molecule has 2 aromatic carbocycles. The Morgan fingerprint density at radius 1 is 0.704 bits per heavy atom. The Balaban J connectivity index is 1.39. The molecule has 1 saturated carbocycles. The number of hydrogen-bond donors (Lipinski definition) is 0. The summed E-state index contributed by atoms with van der Waals surface area (Å²) in [6.45, 7) is 0. The van der Waals surface area contributed by atoms with Crippen LogP contribution in [-0.2, 0) is 9.59 Å². The van der Waals surface area contributed by atoms with Crippen LogP contribution >= 0.6 is 0 Å². The fraction of sp³-hybridized carbons (Fsp3) is 0.273. The second-order valence-electron chi connectivity index (χ2n) is 7.41. The monoisotopic (exact) mass is 357 g/mol. The van der Waals surface area contributed by atoms with Crippen molar-refractivity contribution in [3.63, 3.8) is 0 Å². The molecule has 0 spiro atoms. The third kappa shape index (κ3) is 2.62. The van der Waals surface area contributed by atoms with Crippen LogP contribution in [0.3, 0.4) is 0 Å². The number of fused-ring (bicyclic) bond motifs is 1. The first-order chi connectivity index (χ1) is 13.2. The fourth-order valence-corrected chi connectivity index (χ4v) is 4.61. The number of nitrogens with zero attached hydrogens (tertiary/aromatic N) is 3. The van der Waals surface area contributed by atoms with Crippen molar-refractivity contribution in [2.75, 3.05) is 4.90 Å². The summed E-state index contributed by atoms with van der Waals surface area (Å²) in [5.74, 6) is -0.0522. The van der Waals surface area contributed by atoms with E-state index in [4.69, 9.17) is 0 Å². The number of rotatable bonds is 3. The van der Waals surface area contributed by atoms with Crippen molar-refractivity contribution >= 4 is 28.9 Å². The summed E-state index contributed by atoms with van der Waals surface area (Å²) in [5.41, 5.74) is 2.08. The molecule has 4 atom stereocenters. The number of azo groups is 1. The van der Waals surface area contributed by atoms with Gasteiger partial charge < -0.3 is 0 Å². The molecule has 2 amide bonds. The lowest BCUT2D eigenvalue weighted by Crippen LogP contribution is -2.38. The van der Waals surface area contributed by atoms with Crippen LogP contribution in [0.25, 0.3) is 0 Å². The van der Waals surface area contributed by atoms with Gasteiger partial charge in [-0.15, -0.1) is 0 Å². The molecule has 0 N–H and O–H groups in total. The highest BCUT2D eigenvalue weighted by Gasteiger charge is 2.56. The lowest BCUT2D eigenvalue weighted by atomic mass is 9.63. The zero-order valence-corrected chi connectivity index (χ0v) is 14.7. The minimum absolute atomic E-state index is 0.0530. The van der Waals surface area contributed by atoms with Gasteiger partial charge in [-0.05, 0) is 61.1 Å². The summed E-state index contributed by atoms with van der Waals surface area (Å²) in [6, 6.07) is 16.6. The molecule has 0 unspecified atom stereocenters. The number of benzene rings is 2. The van der Waals surface area contributed by atoms with E-state index in [2.05, 4.69) is 22.4 Å². The van der Waals surface area contributed by atoms with E-state index >= 15 is 0 Å². The normalized spacial score (nSPS) is 29.0. The summed E-state index contributed by atoms with van der Waals surface area (Å²) >= 11 is 0. The van der Waals surface area contributed by atoms with Crippen molar-refractivity contribution in [3.05, 3.63) is 66.7 Å². The van der Waals surface area contributed by atoms with Gasteiger partial charge in [-0.2, -0.15) is 10.2 Å². The fourth-order valence-electron chi connectivity index (χ4n) is 4.61. The van der Waals surface area contributed by atoms with Crippen LogP contribution in [0.5, 0.6) is 0 Å². The van der Waals surface area contributed by atoms with Crippen molar-refractivity contribution in [2.24, 2.45) is 33.9 Å². The predicted octanol–water partition coefficient (Wildman–Crippen LogP) is 4.80. The molecule has 2 bridgehead atoms. The maximum atomic E-state index is 13.0. The van der Waals surface area contributed by atoms with Gasteiger partial charge >= 0.3 is 0 Å². The molecule has 27 heavy (non-hydrogen) atoms. The maximum Gasteiger partial charge on any atom is 0.238 e. The zero-order valence-electron chi connectivity index (χ0n) is 14.7. The van der Waals surface area contributed by atoms with E-state index in [1.54, 1.807) is 24.3 Å². The topological polar surface area (TPSA) is 62.1 Å². The van der Waals surface area contributed by atoms with E-state index in [-0.39, 0.29) is 35.5 Å². The van der Waals surface area contributed by atoms with E-state index < -0.39 is 0 Å². The standard InChI is InChI=1S/C22H19N3O2/c26-21-19-14-6-7-15(9-8-14)20(19)22(27)25(21)18-12-10-17(11-13-18)24-23-16-4-2-1-3-5-16/h1-7,10-15,19-20H,8-9H2/t14-,15+,19-,20+. The first-order valence-corrected chi connectivity index (χ1v) is 9.35. The summed E-state index contributed by atoms with van der Waals surface area (Å²) in [7, 11) is 0. The molecule has 0 radical (unpaired) electrons. The quantitative estimate of drug-likeness (QED) is 0.450. The summed E-state index contributed by atoms with van der Waals surface area (Å²) in [4.78, 5) is 27.3. The van der Waals surface area contributed by atoms with Gasteiger partial charge in [0.25, 0.3) is 0 Å². The highest BCUT2D eigenvalue weighted by atomic mass is 16.2. The Morgan fingerprint density at radius 2 is 1.22 bits per heavy atom. The second-order valence-corrected chi connectivity index (χ2v) is 7.41. The first kappa shape index (κ1) is 16.1. The molecule has 0 aromatic heterocycles. The van der Waals surface area contributed by atoms with Crippen LogP contribution < -0.4 is 4.90 Å². The smallest absolute Gasteiger partial charge is 0.238 e. The molecule has 3 aliphatic carbocycles. The molecule has 4 aliphatic rings. The van der Waals surface area contributed by atoms with Crippen LogP contribution in [-0.4, -0.2) is 11.8 Å². The Bertz CT molecular complexity index is 917. The number of carbonyl (C=O) groups excluding carboxylic acids is 2. The largest absolute Gasteiger partial charge is 0.274 e. The van der Waals surface area contributed by atoms with Crippen LogP contribution in [0.15, 0.2) is 77.0 Å². The maximum absolute atomic E-state index is 13.0. The van der Waals surface area contributed by atoms with Crippen LogP contribution in [0.2, 0.25) is 0 Å². The van der Waals surface area contributed by atoms with Gasteiger partial charge in [0.2, 0.25) is 11.8 Å². The average molecular weight is 357 g/mol. The zero-order chi connectivity index (χ0) is 18.4. The number of amides is 2. The molecular formula is C22H19N3O2. The van der Waals surface area contributed by atoms with E-state index in [9.17, 15) is 9.59 Å². The van der Waals surface area contributed by atoms with Gasteiger partial charge in [0.15, 0.2) is 0 Å². The Kier molecular flexibility index (Phi) is 3.74. The second kappa shape index (κ2) is 6.27. The van der Waals surface area contributed by atoms with Gasteiger partial charge in [-0.3, -0.25) is 14.5 Å².